The Morgan fingerprint density at radius 3 is 2.56 bits per heavy atom. The van der Waals surface area contributed by atoms with E-state index in [4.69, 9.17) is 10.5 Å². The summed E-state index contributed by atoms with van der Waals surface area (Å²) in [6, 6.07) is 4.63. The molecule has 0 aromatic heterocycles. The fraction of sp³-hybridized carbons (Fsp3) is 0.625. The first-order valence-corrected chi connectivity index (χ1v) is 7.14. The van der Waals surface area contributed by atoms with Gasteiger partial charge in [0.25, 0.3) is 0 Å². The van der Waals surface area contributed by atoms with Crippen molar-refractivity contribution in [1.82, 2.24) is 0 Å². The lowest BCUT2D eigenvalue weighted by Crippen LogP contribution is -2.33. The monoisotopic (exact) mass is 245 g/mol. The highest BCUT2D eigenvalue weighted by Crippen LogP contribution is 2.55. The third-order valence-electron chi connectivity index (χ3n) is 4.87. The predicted octanol–water partition coefficient (Wildman–Crippen LogP) is 2.95. The van der Waals surface area contributed by atoms with Crippen molar-refractivity contribution in [2.45, 2.75) is 56.9 Å². The Morgan fingerprint density at radius 2 is 1.94 bits per heavy atom. The van der Waals surface area contributed by atoms with E-state index in [9.17, 15) is 0 Å². The van der Waals surface area contributed by atoms with E-state index in [1.54, 1.807) is 12.7 Å². The lowest BCUT2D eigenvalue weighted by atomic mass is 9.79. The SMILES string of the molecule is COc1ccc2c(c1C1(C(C)N)CC1)CCCC2. The van der Waals surface area contributed by atoms with Gasteiger partial charge in [0.05, 0.1) is 7.11 Å². The third kappa shape index (κ3) is 1.66. The number of ether oxygens (including phenoxy) is 1. The summed E-state index contributed by atoms with van der Waals surface area (Å²) in [6.07, 6.45) is 7.50. The lowest BCUT2D eigenvalue weighted by molar-refractivity contribution is 0.395. The molecule has 18 heavy (non-hydrogen) atoms. The van der Waals surface area contributed by atoms with Gasteiger partial charge in [0.2, 0.25) is 0 Å². The Labute approximate surface area is 110 Å². The molecule has 2 heteroatoms. The largest absolute Gasteiger partial charge is 0.496 e. The minimum Gasteiger partial charge on any atom is -0.496 e. The highest BCUT2D eigenvalue weighted by molar-refractivity contribution is 5.53. The molecule has 1 unspecified atom stereocenters. The van der Waals surface area contributed by atoms with E-state index in [0.717, 1.165) is 5.75 Å². The van der Waals surface area contributed by atoms with Crippen LogP contribution in [0.25, 0.3) is 0 Å². The number of hydrogen-bond donors (Lipinski definition) is 1. The molecule has 98 valence electrons. The Kier molecular flexibility index (Phi) is 2.86. The Balaban J connectivity index is 2.16. The second-order valence-electron chi connectivity index (χ2n) is 5.93. The van der Waals surface area contributed by atoms with Crippen LogP contribution in [0.15, 0.2) is 12.1 Å². The van der Waals surface area contributed by atoms with Crippen molar-refractivity contribution in [3.05, 3.63) is 28.8 Å². The average Bonchev–Trinajstić information content (AvgIpc) is 3.18. The molecular formula is C16H23NO. The molecule has 2 aliphatic carbocycles. The van der Waals surface area contributed by atoms with Crippen LogP contribution in [0.5, 0.6) is 5.75 Å². The minimum atomic E-state index is 0.202. The van der Waals surface area contributed by atoms with Gasteiger partial charge in [0.15, 0.2) is 0 Å². The van der Waals surface area contributed by atoms with Crippen molar-refractivity contribution in [2.24, 2.45) is 5.73 Å². The summed E-state index contributed by atoms with van der Waals surface area (Å²) in [6.45, 7) is 2.15. The Morgan fingerprint density at radius 1 is 1.22 bits per heavy atom. The first-order valence-electron chi connectivity index (χ1n) is 7.14. The predicted molar refractivity (Wildman–Crippen MR) is 74.2 cm³/mol. The molecule has 0 saturated heterocycles. The van der Waals surface area contributed by atoms with E-state index in [1.807, 2.05) is 0 Å². The van der Waals surface area contributed by atoms with Gasteiger partial charge in [-0.1, -0.05) is 6.07 Å². The van der Waals surface area contributed by atoms with Crippen molar-refractivity contribution < 1.29 is 4.74 Å². The molecule has 0 spiro atoms. The normalized spacial score (nSPS) is 22.2. The highest BCUT2D eigenvalue weighted by atomic mass is 16.5. The zero-order valence-electron chi connectivity index (χ0n) is 11.5. The van der Waals surface area contributed by atoms with E-state index in [2.05, 4.69) is 19.1 Å². The third-order valence-corrected chi connectivity index (χ3v) is 4.87. The molecule has 1 fully saturated rings. The molecule has 2 aliphatic rings. The molecule has 3 rings (SSSR count). The number of benzene rings is 1. The topological polar surface area (TPSA) is 35.2 Å². The second-order valence-corrected chi connectivity index (χ2v) is 5.93. The molecule has 0 bridgehead atoms. The molecule has 0 amide bonds. The molecule has 0 radical (unpaired) electrons. The van der Waals surface area contributed by atoms with Crippen LogP contribution in [0.2, 0.25) is 0 Å². The van der Waals surface area contributed by atoms with Crippen molar-refractivity contribution in [3.63, 3.8) is 0 Å². The van der Waals surface area contributed by atoms with Gasteiger partial charge in [0, 0.05) is 17.0 Å². The molecule has 1 aromatic rings. The van der Waals surface area contributed by atoms with E-state index in [0.29, 0.717) is 0 Å². The maximum Gasteiger partial charge on any atom is 0.122 e. The minimum absolute atomic E-state index is 0.202. The van der Waals surface area contributed by atoms with Gasteiger partial charge in [0.1, 0.15) is 5.75 Å². The molecular weight excluding hydrogens is 222 g/mol. The van der Waals surface area contributed by atoms with Gasteiger partial charge >= 0.3 is 0 Å². The number of hydrogen-bond acceptors (Lipinski definition) is 2. The van der Waals surface area contributed by atoms with Gasteiger partial charge in [-0.2, -0.15) is 0 Å². The first-order chi connectivity index (χ1) is 8.69. The Hall–Kier alpha value is -1.02. The maximum atomic E-state index is 6.27. The van der Waals surface area contributed by atoms with Crippen molar-refractivity contribution in [1.29, 1.82) is 0 Å². The zero-order chi connectivity index (χ0) is 12.8. The van der Waals surface area contributed by atoms with Crippen LogP contribution < -0.4 is 10.5 Å². The fourth-order valence-corrected chi connectivity index (χ4v) is 3.59. The van der Waals surface area contributed by atoms with Crippen molar-refractivity contribution in [3.8, 4) is 5.75 Å². The first kappa shape index (κ1) is 12.0. The number of aryl methyl sites for hydroxylation is 1. The number of nitrogens with two attached hydrogens (primary N) is 1. The van der Waals surface area contributed by atoms with Crippen LogP contribution >= 0.6 is 0 Å². The maximum absolute atomic E-state index is 6.27. The van der Waals surface area contributed by atoms with E-state index >= 15 is 0 Å². The summed E-state index contributed by atoms with van der Waals surface area (Å²) >= 11 is 0. The van der Waals surface area contributed by atoms with Crippen LogP contribution in [-0.2, 0) is 18.3 Å². The molecule has 1 atom stereocenters. The number of methoxy groups -OCH3 is 1. The summed E-state index contributed by atoms with van der Waals surface area (Å²) in [7, 11) is 1.78. The smallest absolute Gasteiger partial charge is 0.122 e. The summed E-state index contributed by atoms with van der Waals surface area (Å²) in [5.74, 6) is 1.06. The summed E-state index contributed by atoms with van der Waals surface area (Å²) < 4.78 is 5.63. The van der Waals surface area contributed by atoms with Crippen LogP contribution in [0, 0.1) is 0 Å². The Bertz CT molecular complexity index is 460. The number of fused-ring (bicyclic) bond motifs is 1. The molecule has 2 N–H and O–H groups in total. The molecule has 0 aliphatic heterocycles. The van der Waals surface area contributed by atoms with Crippen LogP contribution in [-0.4, -0.2) is 13.2 Å². The van der Waals surface area contributed by atoms with Crippen LogP contribution in [0.3, 0.4) is 0 Å². The molecule has 0 heterocycles. The van der Waals surface area contributed by atoms with Gasteiger partial charge in [-0.15, -0.1) is 0 Å². The van der Waals surface area contributed by atoms with E-state index in [1.165, 1.54) is 49.7 Å². The molecule has 1 saturated carbocycles. The van der Waals surface area contributed by atoms with Gasteiger partial charge in [-0.05, 0) is 62.6 Å². The van der Waals surface area contributed by atoms with E-state index < -0.39 is 0 Å². The summed E-state index contributed by atoms with van der Waals surface area (Å²) in [5.41, 5.74) is 11.0. The summed E-state index contributed by atoms with van der Waals surface area (Å²) in [5, 5.41) is 0. The molecule has 1 aromatic carbocycles. The van der Waals surface area contributed by atoms with E-state index in [-0.39, 0.29) is 11.5 Å². The van der Waals surface area contributed by atoms with Gasteiger partial charge in [-0.3, -0.25) is 0 Å². The quantitative estimate of drug-likeness (QED) is 0.888. The molecule has 2 nitrogen and oxygen atoms in total. The summed E-state index contributed by atoms with van der Waals surface area (Å²) in [4.78, 5) is 0. The second kappa shape index (κ2) is 4.27. The van der Waals surface area contributed by atoms with Crippen LogP contribution in [0.4, 0.5) is 0 Å². The lowest BCUT2D eigenvalue weighted by Gasteiger charge is -2.29. The number of rotatable bonds is 3. The standard InChI is InChI=1S/C16H23NO/c1-11(17)16(9-10-16)15-13-6-4-3-5-12(13)7-8-14(15)18-2/h7-8,11H,3-6,9-10,17H2,1-2H3. The zero-order valence-corrected chi connectivity index (χ0v) is 11.5. The van der Waals surface area contributed by atoms with Crippen LogP contribution in [0.1, 0.15) is 49.3 Å². The highest BCUT2D eigenvalue weighted by Gasteiger charge is 2.50. The fourth-order valence-electron chi connectivity index (χ4n) is 3.59. The average molecular weight is 245 g/mol. The van der Waals surface area contributed by atoms with Crippen molar-refractivity contribution >= 4 is 0 Å². The van der Waals surface area contributed by atoms with Gasteiger partial charge in [-0.25, -0.2) is 0 Å². The van der Waals surface area contributed by atoms with Gasteiger partial charge < -0.3 is 10.5 Å². The van der Waals surface area contributed by atoms with Crippen molar-refractivity contribution in [2.75, 3.05) is 7.11 Å².